The van der Waals surface area contributed by atoms with Crippen molar-refractivity contribution in [2.45, 2.75) is 26.9 Å². The number of nitrogens with zero attached hydrogens (tertiary/aromatic N) is 2. The molecule has 2 rings (SSSR count). The molecule has 6 nitrogen and oxygen atoms in total. The molecule has 1 aromatic rings. The Hall–Kier alpha value is -2.24. The highest BCUT2D eigenvalue weighted by molar-refractivity contribution is 5.82. The van der Waals surface area contributed by atoms with Crippen molar-refractivity contribution in [1.82, 2.24) is 10.2 Å². The van der Waals surface area contributed by atoms with Crippen molar-refractivity contribution in [1.29, 1.82) is 0 Å². The lowest BCUT2D eigenvalue weighted by molar-refractivity contribution is -0.145. The number of aryl methyl sites for hydroxylation is 1. The van der Waals surface area contributed by atoms with Gasteiger partial charge in [0.15, 0.2) is 5.96 Å². The number of hydrogen-bond acceptors (Lipinski definition) is 4. The molecule has 0 radical (unpaired) electrons. The Labute approximate surface area is 150 Å². The summed E-state index contributed by atoms with van der Waals surface area (Å²) in [5.41, 5.74) is 1.12. The van der Waals surface area contributed by atoms with Crippen LogP contribution in [0.2, 0.25) is 0 Å². The second-order valence-electron chi connectivity index (χ2n) is 6.63. The maximum absolute atomic E-state index is 11.9. The molecule has 0 saturated carbocycles. The minimum absolute atomic E-state index is 0.00530. The van der Waals surface area contributed by atoms with Gasteiger partial charge in [-0.3, -0.25) is 9.79 Å². The Morgan fingerprint density at radius 2 is 2.12 bits per heavy atom. The van der Waals surface area contributed by atoms with E-state index in [1.54, 1.807) is 7.05 Å². The lowest BCUT2D eigenvalue weighted by Crippen LogP contribution is -2.44. The topological polar surface area (TPSA) is 63.2 Å². The summed E-state index contributed by atoms with van der Waals surface area (Å²) in [6, 6.07) is 7.98. The number of hydrogen-bond donors (Lipinski definition) is 1. The van der Waals surface area contributed by atoms with E-state index in [2.05, 4.69) is 22.1 Å². The van der Waals surface area contributed by atoms with Gasteiger partial charge in [-0.25, -0.2) is 0 Å². The second kappa shape index (κ2) is 8.74. The number of benzene rings is 1. The summed E-state index contributed by atoms with van der Waals surface area (Å²) >= 11 is 0. The fourth-order valence-electron chi connectivity index (χ4n) is 3.11. The largest absolute Gasteiger partial charge is 0.489 e. The van der Waals surface area contributed by atoms with Crippen LogP contribution in [0.5, 0.6) is 5.75 Å². The van der Waals surface area contributed by atoms with E-state index >= 15 is 0 Å². The van der Waals surface area contributed by atoms with E-state index in [4.69, 9.17) is 9.47 Å². The van der Waals surface area contributed by atoms with Gasteiger partial charge in [0.05, 0.1) is 19.6 Å². The molecule has 138 valence electrons. The fourth-order valence-corrected chi connectivity index (χ4v) is 3.11. The van der Waals surface area contributed by atoms with E-state index < -0.39 is 0 Å². The molecular formula is C19H29N3O3. The molecule has 1 N–H and O–H groups in total. The fraction of sp³-hybridized carbons (Fsp3) is 0.579. The molecule has 1 heterocycles. The predicted molar refractivity (Wildman–Crippen MR) is 98.9 cm³/mol. The van der Waals surface area contributed by atoms with Crippen LogP contribution in [0.1, 0.15) is 19.4 Å². The standard InChI is InChI=1S/C19H29N3O3/c1-13-8-6-7-9-17(13)25-15(3)10-21-19(20-4)22-11-14(2)16(12-22)18(23)24-5/h6-9,14-16H,10-12H2,1-5H3,(H,20,21). The Balaban J connectivity index is 1.88. The van der Waals surface area contributed by atoms with Gasteiger partial charge in [0, 0.05) is 20.1 Å². The molecule has 0 aromatic heterocycles. The van der Waals surface area contributed by atoms with Crippen LogP contribution in [-0.4, -0.2) is 56.7 Å². The highest BCUT2D eigenvalue weighted by atomic mass is 16.5. The number of likely N-dealkylation sites (tertiary alicyclic amines) is 1. The van der Waals surface area contributed by atoms with Gasteiger partial charge in [-0.05, 0) is 31.4 Å². The quantitative estimate of drug-likeness (QED) is 0.502. The van der Waals surface area contributed by atoms with E-state index in [0.29, 0.717) is 13.1 Å². The van der Waals surface area contributed by atoms with Crippen molar-refractivity contribution >= 4 is 11.9 Å². The first kappa shape index (κ1) is 19.1. The van der Waals surface area contributed by atoms with Gasteiger partial charge >= 0.3 is 5.97 Å². The molecule has 1 aromatic carbocycles. The van der Waals surface area contributed by atoms with Crippen LogP contribution in [0.25, 0.3) is 0 Å². The van der Waals surface area contributed by atoms with Crippen LogP contribution in [0.3, 0.4) is 0 Å². The normalized spacial score (nSPS) is 21.8. The maximum Gasteiger partial charge on any atom is 0.310 e. The summed E-state index contributed by atoms with van der Waals surface area (Å²) in [4.78, 5) is 18.3. The van der Waals surface area contributed by atoms with Crippen molar-refractivity contribution in [3.63, 3.8) is 0 Å². The van der Waals surface area contributed by atoms with E-state index in [1.165, 1.54) is 7.11 Å². The molecule has 25 heavy (non-hydrogen) atoms. The number of nitrogens with one attached hydrogen (secondary N) is 1. The number of methoxy groups -OCH3 is 1. The number of aliphatic imine (C=N–C) groups is 1. The Morgan fingerprint density at radius 1 is 1.40 bits per heavy atom. The highest BCUT2D eigenvalue weighted by Gasteiger charge is 2.36. The molecule has 0 amide bonds. The van der Waals surface area contributed by atoms with Gasteiger partial charge in [0.1, 0.15) is 11.9 Å². The number of guanidine groups is 1. The molecule has 1 aliphatic heterocycles. The van der Waals surface area contributed by atoms with Crippen LogP contribution >= 0.6 is 0 Å². The van der Waals surface area contributed by atoms with Crippen molar-refractivity contribution in [3.05, 3.63) is 29.8 Å². The Kier molecular flexibility index (Phi) is 6.67. The van der Waals surface area contributed by atoms with Gasteiger partial charge in [-0.15, -0.1) is 0 Å². The van der Waals surface area contributed by atoms with Gasteiger partial charge in [-0.1, -0.05) is 25.1 Å². The molecule has 3 unspecified atom stereocenters. The Bertz CT molecular complexity index is 618. The van der Waals surface area contributed by atoms with Crippen LogP contribution < -0.4 is 10.1 Å². The number of esters is 1. The molecule has 0 bridgehead atoms. The summed E-state index contributed by atoms with van der Waals surface area (Å²) in [6.45, 7) is 8.17. The lowest BCUT2D eigenvalue weighted by atomic mass is 9.99. The monoisotopic (exact) mass is 347 g/mol. The number of ether oxygens (including phenoxy) is 2. The van der Waals surface area contributed by atoms with E-state index in [0.717, 1.165) is 23.8 Å². The van der Waals surface area contributed by atoms with Crippen LogP contribution in [0.15, 0.2) is 29.3 Å². The summed E-state index contributed by atoms with van der Waals surface area (Å²) in [7, 11) is 3.20. The minimum atomic E-state index is -0.151. The SMILES string of the molecule is CN=C(NCC(C)Oc1ccccc1C)N1CC(C)C(C(=O)OC)C1. The summed E-state index contributed by atoms with van der Waals surface area (Å²) in [5.74, 6) is 1.67. The predicted octanol–water partition coefficient (Wildman–Crippen LogP) is 2.08. The number of para-hydroxylation sites is 1. The van der Waals surface area contributed by atoms with Gasteiger partial charge < -0.3 is 19.7 Å². The zero-order valence-electron chi connectivity index (χ0n) is 15.8. The third-order valence-electron chi connectivity index (χ3n) is 4.60. The van der Waals surface area contributed by atoms with E-state index in [9.17, 15) is 4.79 Å². The van der Waals surface area contributed by atoms with E-state index in [-0.39, 0.29) is 23.9 Å². The number of carbonyl (C=O) groups excluding carboxylic acids is 1. The molecular weight excluding hydrogens is 318 g/mol. The zero-order chi connectivity index (χ0) is 18.4. The van der Waals surface area contributed by atoms with Crippen LogP contribution in [0.4, 0.5) is 0 Å². The van der Waals surface area contributed by atoms with Crippen LogP contribution in [0, 0.1) is 18.8 Å². The van der Waals surface area contributed by atoms with Crippen molar-refractivity contribution in [2.24, 2.45) is 16.8 Å². The van der Waals surface area contributed by atoms with Crippen molar-refractivity contribution in [3.8, 4) is 5.75 Å². The summed E-state index contributed by atoms with van der Waals surface area (Å²) < 4.78 is 10.9. The number of carbonyl (C=O) groups is 1. The van der Waals surface area contributed by atoms with Gasteiger partial charge in [0.2, 0.25) is 0 Å². The highest BCUT2D eigenvalue weighted by Crippen LogP contribution is 2.24. The Morgan fingerprint density at radius 3 is 2.76 bits per heavy atom. The maximum atomic E-state index is 11.9. The molecule has 0 spiro atoms. The van der Waals surface area contributed by atoms with Crippen molar-refractivity contribution < 1.29 is 14.3 Å². The van der Waals surface area contributed by atoms with E-state index in [1.807, 2.05) is 38.1 Å². The average molecular weight is 347 g/mol. The number of rotatable bonds is 5. The van der Waals surface area contributed by atoms with Gasteiger partial charge in [-0.2, -0.15) is 0 Å². The molecule has 1 saturated heterocycles. The van der Waals surface area contributed by atoms with Crippen molar-refractivity contribution in [2.75, 3.05) is 33.8 Å². The first-order valence-electron chi connectivity index (χ1n) is 8.72. The van der Waals surface area contributed by atoms with Crippen LogP contribution in [-0.2, 0) is 9.53 Å². The third kappa shape index (κ3) is 4.87. The molecule has 3 atom stereocenters. The summed E-state index contributed by atoms with van der Waals surface area (Å²) in [6.07, 6.45) is -0.00530. The first-order valence-corrected chi connectivity index (χ1v) is 8.72. The second-order valence-corrected chi connectivity index (χ2v) is 6.63. The molecule has 0 aliphatic carbocycles. The third-order valence-corrected chi connectivity index (χ3v) is 4.60. The molecule has 6 heteroatoms. The lowest BCUT2D eigenvalue weighted by Gasteiger charge is -2.24. The molecule has 1 aliphatic rings. The minimum Gasteiger partial charge on any atom is -0.489 e. The smallest absolute Gasteiger partial charge is 0.310 e. The molecule has 1 fully saturated rings. The zero-order valence-corrected chi connectivity index (χ0v) is 15.8. The summed E-state index contributed by atoms with van der Waals surface area (Å²) in [5, 5.41) is 3.35. The first-order chi connectivity index (χ1) is 12.0. The average Bonchev–Trinajstić information content (AvgIpc) is 2.98. The van der Waals surface area contributed by atoms with Gasteiger partial charge in [0.25, 0.3) is 0 Å².